The molecule has 2 heterocycles. The Hall–Kier alpha value is -3.24. The number of nitrogens with one attached hydrogen (secondary N) is 3. The van der Waals surface area contributed by atoms with Crippen molar-refractivity contribution in [2.45, 2.75) is 57.0 Å². The lowest BCUT2D eigenvalue weighted by atomic mass is 9.97. The van der Waals surface area contributed by atoms with Gasteiger partial charge in [0.25, 0.3) is 11.8 Å². The third-order valence-corrected chi connectivity index (χ3v) is 7.66. The van der Waals surface area contributed by atoms with Crippen LogP contribution in [0, 0.1) is 0 Å². The molecule has 2 aromatic rings. The number of carbonyl (C=O) groups excluding carboxylic acids is 3. The Morgan fingerprint density at radius 1 is 1.11 bits per heavy atom. The molecule has 1 aromatic carbocycles. The second kappa shape index (κ2) is 12.6. The van der Waals surface area contributed by atoms with Crippen molar-refractivity contribution in [3.8, 4) is 0 Å². The minimum Gasteiger partial charge on any atom is -0.378 e. The maximum absolute atomic E-state index is 12.5. The number of aromatic nitrogens is 1. The molecule has 4 amide bonds. The van der Waals surface area contributed by atoms with Crippen molar-refractivity contribution < 1.29 is 19.5 Å². The number of carbonyl (C=O) groups is 3. The number of thiazole rings is 1. The average molecular weight is 512 g/mol. The van der Waals surface area contributed by atoms with Gasteiger partial charge in [-0.25, -0.2) is 9.78 Å². The number of nitrogens with zero attached hydrogens (tertiary/aromatic N) is 2. The summed E-state index contributed by atoms with van der Waals surface area (Å²) in [4.78, 5) is 43.4. The van der Waals surface area contributed by atoms with Crippen LogP contribution in [0.4, 0.5) is 4.79 Å². The Bertz CT molecular complexity index is 1080. The molecule has 1 saturated heterocycles. The lowest BCUT2D eigenvalue weighted by molar-refractivity contribution is -0.130. The van der Waals surface area contributed by atoms with Crippen LogP contribution in [0.15, 0.2) is 47.4 Å². The molecular formula is C26H33N5O4S. The van der Waals surface area contributed by atoms with E-state index in [1.54, 1.807) is 35.7 Å². The number of piperidine rings is 1. The van der Waals surface area contributed by atoms with Crippen LogP contribution in [-0.4, -0.2) is 52.5 Å². The van der Waals surface area contributed by atoms with E-state index in [1.807, 2.05) is 4.90 Å². The van der Waals surface area contributed by atoms with Gasteiger partial charge < -0.3 is 15.3 Å². The topological polar surface area (TPSA) is 124 Å². The van der Waals surface area contributed by atoms with Crippen molar-refractivity contribution in [2.75, 3.05) is 19.6 Å². The molecule has 4 rings (SSSR count). The summed E-state index contributed by atoms with van der Waals surface area (Å²) in [6, 6.07) is 8.46. The monoisotopic (exact) mass is 511 g/mol. The number of hydrazine groups is 1. The molecule has 36 heavy (non-hydrogen) atoms. The van der Waals surface area contributed by atoms with E-state index < -0.39 is 17.9 Å². The fourth-order valence-electron chi connectivity index (χ4n) is 4.52. The van der Waals surface area contributed by atoms with Crippen LogP contribution in [0.2, 0.25) is 0 Å². The van der Waals surface area contributed by atoms with Crippen LogP contribution in [0.3, 0.4) is 0 Å². The zero-order valence-electron chi connectivity index (χ0n) is 20.2. The van der Waals surface area contributed by atoms with Gasteiger partial charge in [0.05, 0.1) is 5.01 Å². The van der Waals surface area contributed by atoms with Crippen molar-refractivity contribution in [3.63, 3.8) is 0 Å². The molecule has 4 N–H and O–H groups in total. The third-order valence-electron chi connectivity index (χ3n) is 6.66. The summed E-state index contributed by atoms with van der Waals surface area (Å²) in [5.41, 5.74) is 6.65. The quantitative estimate of drug-likeness (QED) is 0.335. The van der Waals surface area contributed by atoms with Gasteiger partial charge in [-0.15, -0.1) is 11.3 Å². The molecule has 2 aliphatic rings. The Morgan fingerprint density at radius 3 is 2.61 bits per heavy atom. The van der Waals surface area contributed by atoms with E-state index in [-0.39, 0.29) is 17.6 Å². The predicted octanol–water partition coefficient (Wildman–Crippen LogP) is 3.42. The number of urea groups is 1. The van der Waals surface area contributed by atoms with Crippen LogP contribution in [-0.2, 0) is 4.79 Å². The van der Waals surface area contributed by atoms with E-state index >= 15 is 0 Å². The normalized spacial score (nSPS) is 17.1. The van der Waals surface area contributed by atoms with E-state index in [9.17, 15) is 19.5 Å². The molecule has 1 atom stereocenters. The highest BCUT2D eigenvalue weighted by Gasteiger charge is 2.26. The van der Waals surface area contributed by atoms with E-state index in [0.717, 1.165) is 37.1 Å². The largest absolute Gasteiger partial charge is 0.378 e. The van der Waals surface area contributed by atoms with Crippen molar-refractivity contribution in [3.05, 3.63) is 63.6 Å². The maximum Gasteiger partial charge on any atom is 0.317 e. The van der Waals surface area contributed by atoms with E-state index in [0.29, 0.717) is 25.2 Å². The molecule has 0 radical (unpaired) electrons. The van der Waals surface area contributed by atoms with Gasteiger partial charge in [0.1, 0.15) is 5.69 Å². The van der Waals surface area contributed by atoms with E-state index in [4.69, 9.17) is 0 Å². The molecule has 192 valence electrons. The number of aliphatic hydroxyl groups excluding tert-OH is 1. The van der Waals surface area contributed by atoms with Crippen LogP contribution in [0.1, 0.15) is 78.0 Å². The molecule has 1 aliphatic carbocycles. The second-order valence-corrected chi connectivity index (χ2v) is 10.1. The van der Waals surface area contributed by atoms with E-state index in [2.05, 4.69) is 27.2 Å². The number of hydrogen-bond acceptors (Lipinski definition) is 6. The Balaban J connectivity index is 1.19. The minimum absolute atomic E-state index is 0.0162. The Kier molecular flexibility index (Phi) is 9.07. The van der Waals surface area contributed by atoms with Gasteiger partial charge in [0, 0.05) is 30.9 Å². The van der Waals surface area contributed by atoms with Crippen LogP contribution in [0.25, 0.3) is 0 Å². The lowest BCUT2D eigenvalue weighted by Gasteiger charge is -2.31. The van der Waals surface area contributed by atoms with Gasteiger partial charge in [-0.1, -0.05) is 42.0 Å². The van der Waals surface area contributed by atoms with Gasteiger partial charge >= 0.3 is 6.03 Å². The summed E-state index contributed by atoms with van der Waals surface area (Å²) in [6.45, 7) is 1.97. The predicted molar refractivity (Wildman–Crippen MR) is 137 cm³/mol. The molecule has 0 saturated carbocycles. The number of allylic oxidation sites excluding steroid dienone is 1. The number of amides is 4. The number of hydrogen-bond donors (Lipinski definition) is 4. The van der Waals surface area contributed by atoms with Gasteiger partial charge in [-0.3, -0.25) is 20.4 Å². The van der Waals surface area contributed by atoms with Crippen molar-refractivity contribution in [2.24, 2.45) is 0 Å². The molecular weight excluding hydrogens is 478 g/mol. The maximum atomic E-state index is 12.5. The van der Waals surface area contributed by atoms with Crippen LogP contribution < -0.4 is 16.2 Å². The summed E-state index contributed by atoms with van der Waals surface area (Å²) in [5, 5.41) is 15.6. The molecule has 1 fully saturated rings. The first-order chi connectivity index (χ1) is 17.5. The molecule has 1 aliphatic heterocycles. The molecule has 0 bridgehead atoms. The minimum atomic E-state index is -1.38. The average Bonchev–Trinajstić information content (AvgIpc) is 3.43. The first-order valence-electron chi connectivity index (χ1n) is 12.5. The summed E-state index contributed by atoms with van der Waals surface area (Å²) >= 11 is 1.40. The summed E-state index contributed by atoms with van der Waals surface area (Å²) in [7, 11) is 0. The molecule has 9 nitrogen and oxygen atoms in total. The van der Waals surface area contributed by atoms with Crippen molar-refractivity contribution in [1.29, 1.82) is 0 Å². The zero-order valence-corrected chi connectivity index (χ0v) is 21.1. The number of aliphatic hydroxyl groups is 1. The van der Waals surface area contributed by atoms with Crippen molar-refractivity contribution >= 4 is 29.2 Å². The first-order valence-corrected chi connectivity index (χ1v) is 13.4. The lowest BCUT2D eigenvalue weighted by Crippen LogP contribution is -2.44. The molecule has 1 unspecified atom stereocenters. The number of benzene rings is 1. The number of rotatable bonds is 7. The summed E-state index contributed by atoms with van der Waals surface area (Å²) in [6.07, 6.45) is 8.25. The van der Waals surface area contributed by atoms with Gasteiger partial charge in [0.2, 0.25) is 0 Å². The first kappa shape index (κ1) is 25.8. The molecule has 10 heteroatoms. The Labute approximate surface area is 215 Å². The Morgan fingerprint density at radius 2 is 1.89 bits per heavy atom. The smallest absolute Gasteiger partial charge is 0.317 e. The highest BCUT2D eigenvalue weighted by molar-refractivity contribution is 7.09. The van der Waals surface area contributed by atoms with Crippen LogP contribution in [0.5, 0.6) is 0 Å². The summed E-state index contributed by atoms with van der Waals surface area (Å²) < 4.78 is 0. The fraction of sp³-hybridized carbons (Fsp3) is 0.462. The van der Waals surface area contributed by atoms with E-state index in [1.165, 1.54) is 29.8 Å². The molecule has 0 spiro atoms. The SMILES string of the molecule is O=C(NNC(=O)C(O)c1ccccc1)c1csc(C2CCN(C(=O)NCCC3=CCCCC3)CC2)n1. The highest BCUT2D eigenvalue weighted by Crippen LogP contribution is 2.30. The van der Waals surface area contributed by atoms with Gasteiger partial charge in [-0.05, 0) is 50.5 Å². The highest BCUT2D eigenvalue weighted by atomic mass is 32.1. The van der Waals surface area contributed by atoms with Crippen LogP contribution >= 0.6 is 11.3 Å². The zero-order chi connectivity index (χ0) is 25.3. The fourth-order valence-corrected chi connectivity index (χ4v) is 5.49. The number of likely N-dealkylation sites (tertiary alicyclic amines) is 1. The standard InChI is InChI=1S/C26H33N5O4S/c32-22(19-9-5-2-6-10-19)24(34)30-29-23(33)21-17-36-25(28-21)20-12-15-31(16-13-20)26(35)27-14-11-18-7-3-1-4-8-18/h2,5-7,9-10,17,20,22,32H,1,3-4,8,11-16H2,(H,27,35)(H,29,33)(H,30,34). The summed E-state index contributed by atoms with van der Waals surface area (Å²) in [5.74, 6) is -1.09. The van der Waals surface area contributed by atoms with Crippen molar-refractivity contribution in [1.82, 2.24) is 26.1 Å². The van der Waals surface area contributed by atoms with Gasteiger partial charge in [0.15, 0.2) is 6.10 Å². The van der Waals surface area contributed by atoms with Gasteiger partial charge in [-0.2, -0.15) is 0 Å². The molecule has 1 aromatic heterocycles. The third kappa shape index (κ3) is 6.92. The second-order valence-electron chi connectivity index (χ2n) is 9.18.